The molecule has 5 nitrogen and oxygen atoms in total. The van der Waals surface area contributed by atoms with Crippen LogP contribution >= 0.6 is 23.1 Å². The summed E-state index contributed by atoms with van der Waals surface area (Å²) in [7, 11) is 0. The predicted octanol–water partition coefficient (Wildman–Crippen LogP) is 2.15. The van der Waals surface area contributed by atoms with Gasteiger partial charge in [-0.3, -0.25) is 9.59 Å². The minimum Gasteiger partial charge on any atom is -0.346 e. The van der Waals surface area contributed by atoms with E-state index >= 15 is 0 Å². The predicted molar refractivity (Wildman–Crippen MR) is 86.4 cm³/mol. The van der Waals surface area contributed by atoms with Crippen LogP contribution in [0.15, 0.2) is 5.38 Å². The number of carbonyl (C=O) groups excluding carboxylic acids is 2. The maximum Gasteiger partial charge on any atom is 0.240 e. The van der Waals surface area contributed by atoms with Crippen molar-refractivity contribution >= 4 is 34.9 Å². The van der Waals surface area contributed by atoms with Gasteiger partial charge in [-0.1, -0.05) is 20.8 Å². The molecule has 0 radical (unpaired) electrons. The van der Waals surface area contributed by atoms with E-state index in [-0.39, 0.29) is 29.8 Å². The van der Waals surface area contributed by atoms with Gasteiger partial charge in [-0.25, -0.2) is 4.98 Å². The van der Waals surface area contributed by atoms with Crippen LogP contribution in [0, 0.1) is 0 Å². The highest BCUT2D eigenvalue weighted by atomic mass is 32.2. The molecule has 1 aliphatic rings. The molecular weight excluding hydrogens is 306 g/mol. The second-order valence-corrected chi connectivity index (χ2v) is 8.02. The normalized spacial score (nSPS) is 17.1. The third kappa shape index (κ3) is 4.20. The van der Waals surface area contributed by atoms with Crippen molar-refractivity contribution < 1.29 is 9.59 Å². The Morgan fingerprint density at radius 1 is 1.52 bits per heavy atom. The third-order valence-corrected chi connectivity index (χ3v) is 5.17. The van der Waals surface area contributed by atoms with E-state index in [0.717, 1.165) is 10.7 Å². The fourth-order valence-electron chi connectivity index (χ4n) is 1.89. The first-order valence-electron chi connectivity index (χ1n) is 6.88. The fraction of sp³-hybridized carbons (Fsp3) is 0.643. The van der Waals surface area contributed by atoms with E-state index in [0.29, 0.717) is 11.6 Å². The van der Waals surface area contributed by atoms with E-state index in [4.69, 9.17) is 0 Å². The average molecular weight is 327 g/mol. The van der Waals surface area contributed by atoms with Crippen LogP contribution in [0.5, 0.6) is 0 Å². The van der Waals surface area contributed by atoms with Crippen LogP contribution in [-0.2, 0) is 15.0 Å². The third-order valence-electron chi connectivity index (χ3n) is 3.20. The zero-order valence-corrected chi connectivity index (χ0v) is 14.4. The molecule has 1 aliphatic heterocycles. The quantitative estimate of drug-likeness (QED) is 0.920. The molecule has 116 valence electrons. The first kappa shape index (κ1) is 16.3. The molecule has 21 heavy (non-hydrogen) atoms. The van der Waals surface area contributed by atoms with Gasteiger partial charge in [0.1, 0.15) is 11.6 Å². The average Bonchev–Trinajstić information content (AvgIpc) is 2.98. The summed E-state index contributed by atoms with van der Waals surface area (Å²) in [4.78, 5) is 29.7. The highest BCUT2D eigenvalue weighted by Crippen LogP contribution is 2.26. The maximum absolute atomic E-state index is 12.0. The van der Waals surface area contributed by atoms with Crippen molar-refractivity contribution in [2.24, 2.45) is 0 Å². The smallest absolute Gasteiger partial charge is 0.240 e. The lowest BCUT2D eigenvalue weighted by Crippen LogP contribution is -2.39. The number of thioether (sulfide) groups is 1. The van der Waals surface area contributed by atoms with Crippen molar-refractivity contribution in [3.8, 4) is 0 Å². The molecule has 7 heteroatoms. The van der Waals surface area contributed by atoms with Gasteiger partial charge in [0.25, 0.3) is 0 Å². The number of aromatic nitrogens is 1. The molecular formula is C14H21N3O2S2. The van der Waals surface area contributed by atoms with Gasteiger partial charge in [0.15, 0.2) is 0 Å². The number of nitrogens with zero attached hydrogens (tertiary/aromatic N) is 2. The van der Waals surface area contributed by atoms with E-state index < -0.39 is 0 Å². The zero-order valence-electron chi connectivity index (χ0n) is 12.8. The topological polar surface area (TPSA) is 62.3 Å². The molecule has 1 fully saturated rings. The summed E-state index contributed by atoms with van der Waals surface area (Å²) >= 11 is 3.10. The van der Waals surface area contributed by atoms with Crippen molar-refractivity contribution in [3.63, 3.8) is 0 Å². The monoisotopic (exact) mass is 327 g/mol. The Kier molecular flexibility index (Phi) is 4.93. The molecule has 2 rings (SSSR count). The lowest BCUT2D eigenvalue weighted by molar-refractivity contribution is -0.132. The van der Waals surface area contributed by atoms with Gasteiger partial charge in [0, 0.05) is 10.8 Å². The molecule has 2 heterocycles. The Hall–Kier alpha value is -1.08. The van der Waals surface area contributed by atoms with Crippen LogP contribution in [0.3, 0.4) is 0 Å². The summed E-state index contributed by atoms with van der Waals surface area (Å²) in [5.74, 6) is 0.981. The van der Waals surface area contributed by atoms with E-state index in [9.17, 15) is 9.59 Å². The van der Waals surface area contributed by atoms with Crippen LogP contribution in [0.4, 0.5) is 0 Å². The summed E-state index contributed by atoms with van der Waals surface area (Å²) in [6, 6.07) is -0.135. The Bertz CT molecular complexity index is 537. The zero-order chi connectivity index (χ0) is 15.6. The van der Waals surface area contributed by atoms with Crippen molar-refractivity contribution in [2.75, 3.05) is 18.2 Å². The molecule has 2 amide bonds. The van der Waals surface area contributed by atoms with Crippen molar-refractivity contribution in [2.45, 2.75) is 39.2 Å². The van der Waals surface area contributed by atoms with Crippen LogP contribution in [0.2, 0.25) is 0 Å². The standard InChI is InChI=1S/C14H21N3O2S2/c1-9(13-16-10(6-21-13)14(2,3)4)15-11(18)5-17-8-20-7-12(17)19/h6,9H,5,7-8H2,1-4H3,(H,15,18)/t9-/m0/s1. The van der Waals surface area contributed by atoms with Crippen molar-refractivity contribution in [1.29, 1.82) is 0 Å². The van der Waals surface area contributed by atoms with Gasteiger partial charge >= 0.3 is 0 Å². The number of hydrogen-bond donors (Lipinski definition) is 1. The highest BCUT2D eigenvalue weighted by Gasteiger charge is 2.24. The molecule has 1 N–H and O–H groups in total. The number of amides is 2. The summed E-state index contributed by atoms with van der Waals surface area (Å²) in [5.41, 5.74) is 1.05. The van der Waals surface area contributed by atoms with Crippen molar-refractivity contribution in [1.82, 2.24) is 15.2 Å². The summed E-state index contributed by atoms with van der Waals surface area (Å²) in [6.07, 6.45) is 0. The Morgan fingerprint density at radius 2 is 2.24 bits per heavy atom. The number of hydrogen-bond acceptors (Lipinski definition) is 5. The van der Waals surface area contributed by atoms with Gasteiger partial charge < -0.3 is 10.2 Å². The van der Waals surface area contributed by atoms with Gasteiger partial charge in [0.2, 0.25) is 11.8 Å². The Balaban J connectivity index is 1.91. The number of rotatable bonds is 4. The molecule has 1 saturated heterocycles. The van der Waals surface area contributed by atoms with E-state index in [2.05, 4.69) is 31.1 Å². The van der Waals surface area contributed by atoms with Gasteiger partial charge in [-0.15, -0.1) is 23.1 Å². The largest absolute Gasteiger partial charge is 0.346 e. The highest BCUT2D eigenvalue weighted by molar-refractivity contribution is 8.00. The van der Waals surface area contributed by atoms with Crippen LogP contribution in [0.1, 0.15) is 44.4 Å². The second-order valence-electron chi connectivity index (χ2n) is 6.18. The Morgan fingerprint density at radius 3 is 2.76 bits per heavy atom. The summed E-state index contributed by atoms with van der Waals surface area (Å²) < 4.78 is 0. The number of carbonyl (C=O) groups is 2. The molecule has 0 unspecified atom stereocenters. The van der Waals surface area contributed by atoms with Crippen LogP contribution < -0.4 is 5.32 Å². The number of nitrogens with one attached hydrogen (secondary N) is 1. The SMILES string of the molecule is C[C@H](NC(=O)CN1CSCC1=O)c1nc(C(C)(C)C)cs1. The molecule has 1 aromatic rings. The minimum atomic E-state index is -0.135. The van der Waals surface area contributed by atoms with Crippen molar-refractivity contribution in [3.05, 3.63) is 16.1 Å². The van der Waals surface area contributed by atoms with E-state index in [1.54, 1.807) is 16.2 Å². The van der Waals surface area contributed by atoms with Gasteiger partial charge in [0.05, 0.1) is 23.4 Å². The molecule has 1 aromatic heterocycles. The van der Waals surface area contributed by atoms with E-state index in [1.165, 1.54) is 11.8 Å². The Labute approximate surface area is 133 Å². The molecule has 0 aromatic carbocycles. The summed E-state index contributed by atoms with van der Waals surface area (Å²) in [5, 5.41) is 5.85. The minimum absolute atomic E-state index is 0.0116. The van der Waals surface area contributed by atoms with Crippen LogP contribution in [-0.4, -0.2) is 39.9 Å². The second kappa shape index (κ2) is 6.36. The maximum atomic E-state index is 12.0. The number of thiazole rings is 1. The lowest BCUT2D eigenvalue weighted by Gasteiger charge is -2.17. The van der Waals surface area contributed by atoms with Gasteiger partial charge in [-0.05, 0) is 6.92 Å². The first-order valence-corrected chi connectivity index (χ1v) is 8.91. The molecule has 1 atom stereocenters. The van der Waals surface area contributed by atoms with Gasteiger partial charge in [-0.2, -0.15) is 0 Å². The molecule has 0 spiro atoms. The van der Waals surface area contributed by atoms with E-state index in [1.807, 2.05) is 12.3 Å². The van der Waals surface area contributed by atoms with Crippen LogP contribution in [0.25, 0.3) is 0 Å². The molecule has 0 saturated carbocycles. The molecule has 0 aliphatic carbocycles. The molecule has 0 bridgehead atoms. The fourth-order valence-corrected chi connectivity index (χ4v) is 3.85. The first-order chi connectivity index (χ1) is 9.77. The summed E-state index contributed by atoms with van der Waals surface area (Å²) in [6.45, 7) is 8.40. The lowest BCUT2D eigenvalue weighted by atomic mass is 9.93.